The lowest BCUT2D eigenvalue weighted by Gasteiger charge is -2.27. The monoisotopic (exact) mass is 467 g/mol. The zero-order valence-corrected chi connectivity index (χ0v) is 21.5. The topological polar surface area (TPSA) is 114 Å². The van der Waals surface area contributed by atoms with Crippen molar-refractivity contribution >= 4 is 23.7 Å². The van der Waals surface area contributed by atoms with Gasteiger partial charge in [-0.1, -0.05) is 61.3 Å². The molecule has 1 aliphatic rings. The molecular weight excluding hydrogens is 422 g/mol. The summed E-state index contributed by atoms with van der Waals surface area (Å²) in [5, 5.41) is 8.44. The van der Waals surface area contributed by atoms with Gasteiger partial charge in [0.25, 0.3) is 0 Å². The first-order chi connectivity index (χ1) is 15.4. The van der Waals surface area contributed by atoms with Crippen LogP contribution in [-0.2, 0) is 23.9 Å². The second-order valence-corrected chi connectivity index (χ2v) is 10.4. The number of unbranched alkanes of at least 4 members (excludes halogenated alkanes) is 2. The van der Waals surface area contributed by atoms with Crippen molar-refractivity contribution in [1.29, 1.82) is 0 Å². The Hall–Kier alpha value is -2.12. The molecule has 1 fully saturated rings. The Morgan fingerprint density at radius 3 is 1.88 bits per heavy atom. The maximum Gasteiger partial charge on any atom is 0.329 e. The third kappa shape index (κ3) is 10.6. The van der Waals surface area contributed by atoms with Crippen LogP contribution in [0.4, 0.5) is 0 Å². The maximum absolute atomic E-state index is 13.1. The fraction of sp³-hybridized carbons (Fsp3) is 0.840. The lowest BCUT2D eigenvalue weighted by atomic mass is 9.99. The van der Waals surface area contributed by atoms with Crippen LogP contribution in [-0.4, -0.2) is 47.9 Å². The summed E-state index contributed by atoms with van der Waals surface area (Å²) in [7, 11) is 0. The predicted molar refractivity (Wildman–Crippen MR) is 128 cm³/mol. The molecule has 0 spiro atoms. The number of esters is 1. The van der Waals surface area contributed by atoms with Crippen LogP contribution in [0.1, 0.15) is 93.4 Å². The predicted octanol–water partition coefficient (Wildman–Crippen LogP) is 3.08. The van der Waals surface area contributed by atoms with E-state index < -0.39 is 36.1 Å². The van der Waals surface area contributed by atoms with Crippen LogP contribution in [0.2, 0.25) is 0 Å². The summed E-state index contributed by atoms with van der Waals surface area (Å²) in [6.45, 7) is 13.6. The van der Waals surface area contributed by atoms with Crippen molar-refractivity contribution in [3.8, 4) is 0 Å². The highest BCUT2D eigenvalue weighted by Crippen LogP contribution is 2.16. The van der Waals surface area contributed by atoms with Gasteiger partial charge in [0.15, 0.2) is 0 Å². The Kier molecular flexibility index (Phi) is 12.4. The van der Waals surface area contributed by atoms with Gasteiger partial charge in [-0.15, -0.1) is 0 Å². The van der Waals surface area contributed by atoms with Crippen molar-refractivity contribution in [2.24, 2.45) is 17.8 Å². The maximum atomic E-state index is 13.1. The molecule has 3 amide bonds. The highest BCUT2D eigenvalue weighted by molar-refractivity contribution is 5.94. The van der Waals surface area contributed by atoms with Crippen molar-refractivity contribution in [3.05, 3.63) is 0 Å². The molecule has 0 aromatic heterocycles. The second-order valence-electron chi connectivity index (χ2n) is 10.4. The van der Waals surface area contributed by atoms with Gasteiger partial charge in [-0.25, -0.2) is 4.79 Å². The number of hydrogen-bond donors (Lipinski definition) is 3. The average molecular weight is 468 g/mol. The van der Waals surface area contributed by atoms with Crippen molar-refractivity contribution in [1.82, 2.24) is 16.0 Å². The van der Waals surface area contributed by atoms with E-state index >= 15 is 0 Å². The van der Waals surface area contributed by atoms with Gasteiger partial charge in [-0.2, -0.15) is 0 Å². The normalized spacial score (nSPS) is 25.6. The summed E-state index contributed by atoms with van der Waals surface area (Å²) >= 11 is 0. The molecule has 1 rings (SSSR count). The Labute approximate surface area is 199 Å². The molecule has 8 heteroatoms. The SMILES string of the molecule is CCCCC[C@H]1CC(=O)N[C@H](CC(C)C)C(=O)N[C@@H](CC(C)C)C(=O)N[C@@H](C(C)C)C(=O)O1. The van der Waals surface area contributed by atoms with Crippen LogP contribution < -0.4 is 16.0 Å². The molecule has 0 aromatic carbocycles. The number of hydrogen-bond acceptors (Lipinski definition) is 5. The lowest BCUT2D eigenvalue weighted by molar-refractivity contribution is -0.156. The molecule has 4 atom stereocenters. The minimum atomic E-state index is -0.854. The van der Waals surface area contributed by atoms with Gasteiger partial charge >= 0.3 is 5.97 Å². The molecule has 1 heterocycles. The number of carbonyl (C=O) groups is 4. The number of rotatable bonds is 9. The van der Waals surface area contributed by atoms with E-state index in [2.05, 4.69) is 22.9 Å². The molecular formula is C25H45N3O5. The standard InChI is InChI=1S/C25H45N3O5/c1-8-9-10-11-18-14-21(29)26-19(12-15(2)3)23(30)27-20(13-16(4)5)24(31)28-22(17(6)7)25(32)33-18/h15-20,22H,8-14H2,1-7H3,(H,26,29)(H,27,30)(H,28,31)/t18-,19+,20-,22-/m0/s1. The van der Waals surface area contributed by atoms with Gasteiger partial charge in [0.05, 0.1) is 6.42 Å². The van der Waals surface area contributed by atoms with E-state index in [0.29, 0.717) is 19.3 Å². The molecule has 1 aliphatic heterocycles. The molecule has 0 unspecified atom stereocenters. The third-order valence-corrected chi connectivity index (χ3v) is 5.74. The fourth-order valence-corrected chi connectivity index (χ4v) is 3.95. The van der Waals surface area contributed by atoms with Crippen molar-refractivity contribution in [2.75, 3.05) is 0 Å². The Morgan fingerprint density at radius 2 is 1.36 bits per heavy atom. The van der Waals surface area contributed by atoms with E-state index in [-0.39, 0.29) is 36.0 Å². The van der Waals surface area contributed by atoms with Crippen LogP contribution >= 0.6 is 0 Å². The number of ether oxygens (including phenoxy) is 1. The van der Waals surface area contributed by atoms with E-state index in [0.717, 1.165) is 19.3 Å². The third-order valence-electron chi connectivity index (χ3n) is 5.74. The summed E-state index contributed by atoms with van der Waals surface area (Å²) < 4.78 is 5.74. The summed E-state index contributed by atoms with van der Waals surface area (Å²) in [4.78, 5) is 52.1. The number of carbonyl (C=O) groups excluding carboxylic acids is 4. The highest BCUT2D eigenvalue weighted by Gasteiger charge is 2.34. The van der Waals surface area contributed by atoms with Crippen LogP contribution in [0.5, 0.6) is 0 Å². The van der Waals surface area contributed by atoms with Gasteiger partial charge in [0, 0.05) is 0 Å². The lowest BCUT2D eigenvalue weighted by Crippen LogP contribution is -2.56. The Morgan fingerprint density at radius 1 is 0.818 bits per heavy atom. The summed E-state index contributed by atoms with van der Waals surface area (Å²) in [5.74, 6) is -1.57. The highest BCUT2D eigenvalue weighted by atomic mass is 16.5. The minimum absolute atomic E-state index is 0.00842. The molecule has 1 saturated heterocycles. The van der Waals surface area contributed by atoms with E-state index in [1.54, 1.807) is 0 Å². The van der Waals surface area contributed by atoms with E-state index in [9.17, 15) is 19.2 Å². The minimum Gasteiger partial charge on any atom is -0.460 e. The Bertz CT molecular complexity index is 662. The van der Waals surface area contributed by atoms with Gasteiger partial charge in [0.1, 0.15) is 24.2 Å². The summed E-state index contributed by atoms with van der Waals surface area (Å²) in [6, 6.07) is -2.42. The van der Waals surface area contributed by atoms with Crippen molar-refractivity contribution < 1.29 is 23.9 Å². The molecule has 3 N–H and O–H groups in total. The molecule has 190 valence electrons. The zero-order valence-electron chi connectivity index (χ0n) is 21.5. The summed E-state index contributed by atoms with van der Waals surface area (Å²) in [5.41, 5.74) is 0. The fourth-order valence-electron chi connectivity index (χ4n) is 3.95. The molecule has 0 aliphatic carbocycles. The van der Waals surface area contributed by atoms with E-state index in [4.69, 9.17) is 4.74 Å². The van der Waals surface area contributed by atoms with Crippen LogP contribution in [0, 0.1) is 17.8 Å². The van der Waals surface area contributed by atoms with Crippen LogP contribution in [0.25, 0.3) is 0 Å². The van der Waals surface area contributed by atoms with Gasteiger partial charge in [0.2, 0.25) is 17.7 Å². The van der Waals surface area contributed by atoms with Crippen molar-refractivity contribution in [2.45, 2.75) is 118 Å². The zero-order chi connectivity index (χ0) is 25.1. The van der Waals surface area contributed by atoms with E-state index in [1.807, 2.05) is 41.5 Å². The number of cyclic esters (lactones) is 1. The number of amides is 3. The molecule has 0 bridgehead atoms. The molecule has 0 radical (unpaired) electrons. The summed E-state index contributed by atoms with van der Waals surface area (Å²) in [6.07, 6.45) is 3.61. The first-order valence-electron chi connectivity index (χ1n) is 12.5. The van der Waals surface area contributed by atoms with Crippen LogP contribution in [0.3, 0.4) is 0 Å². The molecule has 33 heavy (non-hydrogen) atoms. The second kappa shape index (κ2) is 14.2. The average Bonchev–Trinajstić information content (AvgIpc) is 2.69. The Balaban J connectivity index is 3.28. The molecule has 0 aromatic rings. The van der Waals surface area contributed by atoms with Crippen LogP contribution in [0.15, 0.2) is 0 Å². The molecule has 0 saturated carbocycles. The first-order valence-corrected chi connectivity index (χ1v) is 12.5. The number of nitrogens with one attached hydrogen (secondary N) is 3. The first kappa shape index (κ1) is 28.9. The quantitative estimate of drug-likeness (QED) is 0.356. The van der Waals surface area contributed by atoms with Gasteiger partial charge < -0.3 is 20.7 Å². The van der Waals surface area contributed by atoms with Gasteiger partial charge in [-0.05, 0) is 43.4 Å². The largest absolute Gasteiger partial charge is 0.460 e. The van der Waals surface area contributed by atoms with Crippen molar-refractivity contribution in [3.63, 3.8) is 0 Å². The van der Waals surface area contributed by atoms with E-state index in [1.165, 1.54) is 0 Å². The smallest absolute Gasteiger partial charge is 0.329 e. The molecule has 8 nitrogen and oxygen atoms in total. The van der Waals surface area contributed by atoms with Gasteiger partial charge in [-0.3, -0.25) is 14.4 Å².